The zero-order valence-corrected chi connectivity index (χ0v) is 12.0. The molecule has 0 aromatic carbocycles. The quantitative estimate of drug-likeness (QED) is 0.650. The van der Waals surface area contributed by atoms with Crippen molar-refractivity contribution in [1.29, 1.82) is 5.26 Å². The van der Waals surface area contributed by atoms with Crippen molar-refractivity contribution in [3.05, 3.63) is 0 Å². The second-order valence-corrected chi connectivity index (χ2v) is 5.84. The molecule has 0 radical (unpaired) electrons. The van der Waals surface area contributed by atoms with Crippen LogP contribution >= 0.6 is 0 Å². The van der Waals surface area contributed by atoms with Crippen LogP contribution in [0.2, 0.25) is 0 Å². The van der Waals surface area contributed by atoms with Crippen LogP contribution in [-0.4, -0.2) is 38.5 Å². The molecule has 0 aromatic heterocycles. The third kappa shape index (κ3) is 4.17. The first-order chi connectivity index (χ1) is 9.30. The van der Waals surface area contributed by atoms with Crippen molar-refractivity contribution < 1.29 is 9.47 Å². The van der Waals surface area contributed by atoms with Gasteiger partial charge >= 0.3 is 0 Å². The Morgan fingerprint density at radius 2 is 2.11 bits per heavy atom. The maximum absolute atomic E-state index is 9.57. The van der Waals surface area contributed by atoms with Crippen LogP contribution in [0.5, 0.6) is 0 Å². The van der Waals surface area contributed by atoms with Crippen LogP contribution in [0.1, 0.15) is 44.9 Å². The molecule has 0 heterocycles. The molecular weight excluding hydrogens is 240 g/mol. The molecule has 2 aliphatic carbocycles. The van der Waals surface area contributed by atoms with Crippen molar-refractivity contribution in [1.82, 2.24) is 5.32 Å². The van der Waals surface area contributed by atoms with Crippen LogP contribution in [0, 0.1) is 17.2 Å². The molecule has 0 amide bonds. The molecule has 4 heteroatoms. The summed E-state index contributed by atoms with van der Waals surface area (Å²) < 4.78 is 10.6. The van der Waals surface area contributed by atoms with Crippen molar-refractivity contribution in [2.24, 2.45) is 5.92 Å². The zero-order valence-electron chi connectivity index (χ0n) is 12.0. The maximum Gasteiger partial charge on any atom is 0.109 e. The van der Waals surface area contributed by atoms with E-state index in [1.165, 1.54) is 19.3 Å². The number of rotatable bonds is 9. The van der Waals surface area contributed by atoms with E-state index in [1.807, 2.05) is 0 Å². The molecule has 19 heavy (non-hydrogen) atoms. The molecule has 2 unspecified atom stereocenters. The minimum Gasteiger partial charge on any atom is -0.385 e. The Kier molecular flexibility index (Phi) is 5.62. The highest BCUT2D eigenvalue weighted by Gasteiger charge is 2.45. The van der Waals surface area contributed by atoms with Crippen LogP contribution < -0.4 is 5.32 Å². The van der Waals surface area contributed by atoms with E-state index in [2.05, 4.69) is 11.4 Å². The molecule has 108 valence electrons. The fourth-order valence-corrected chi connectivity index (χ4v) is 3.06. The average Bonchev–Trinajstić information content (AvgIpc) is 3.14. The van der Waals surface area contributed by atoms with Crippen molar-refractivity contribution in [3.8, 4) is 6.07 Å². The average molecular weight is 266 g/mol. The van der Waals surface area contributed by atoms with E-state index in [1.54, 1.807) is 7.11 Å². The summed E-state index contributed by atoms with van der Waals surface area (Å²) >= 11 is 0. The van der Waals surface area contributed by atoms with Crippen LogP contribution in [-0.2, 0) is 9.47 Å². The minimum atomic E-state index is -0.267. The maximum atomic E-state index is 9.57. The van der Waals surface area contributed by atoms with Crippen molar-refractivity contribution in [3.63, 3.8) is 0 Å². The normalized spacial score (nSPS) is 30.4. The van der Waals surface area contributed by atoms with Crippen molar-refractivity contribution >= 4 is 0 Å². The molecule has 0 saturated heterocycles. The molecule has 2 atom stereocenters. The van der Waals surface area contributed by atoms with Gasteiger partial charge in [0.1, 0.15) is 5.54 Å². The van der Waals surface area contributed by atoms with Gasteiger partial charge in [0.05, 0.1) is 6.07 Å². The number of nitrogens with one attached hydrogen (secondary N) is 1. The Bertz CT molecular complexity index is 312. The van der Waals surface area contributed by atoms with Gasteiger partial charge < -0.3 is 9.47 Å². The third-order valence-corrected chi connectivity index (χ3v) is 4.31. The number of hydrogen-bond acceptors (Lipinski definition) is 4. The molecule has 0 aliphatic heterocycles. The predicted octanol–water partition coefficient (Wildman–Crippen LogP) is 2.24. The van der Waals surface area contributed by atoms with Crippen LogP contribution in [0.25, 0.3) is 0 Å². The van der Waals surface area contributed by atoms with Gasteiger partial charge in [0.15, 0.2) is 0 Å². The highest BCUT2D eigenvalue weighted by atomic mass is 16.5. The van der Waals surface area contributed by atoms with Gasteiger partial charge in [-0.05, 0) is 44.4 Å². The second-order valence-electron chi connectivity index (χ2n) is 5.84. The van der Waals surface area contributed by atoms with Gasteiger partial charge in [0, 0.05) is 33.0 Å². The van der Waals surface area contributed by atoms with Gasteiger partial charge in [-0.3, -0.25) is 5.32 Å². The molecule has 0 bridgehead atoms. The van der Waals surface area contributed by atoms with Gasteiger partial charge in [-0.15, -0.1) is 0 Å². The van der Waals surface area contributed by atoms with E-state index in [9.17, 15) is 5.26 Å². The summed E-state index contributed by atoms with van der Waals surface area (Å²) in [4.78, 5) is 0. The minimum absolute atomic E-state index is 0.267. The van der Waals surface area contributed by atoms with Gasteiger partial charge in [0.25, 0.3) is 0 Å². The summed E-state index contributed by atoms with van der Waals surface area (Å²) in [5.41, 5.74) is -0.267. The van der Waals surface area contributed by atoms with Crippen LogP contribution in [0.15, 0.2) is 0 Å². The summed E-state index contributed by atoms with van der Waals surface area (Å²) in [6.07, 6.45) is 7.77. The Morgan fingerprint density at radius 3 is 2.79 bits per heavy atom. The van der Waals surface area contributed by atoms with E-state index in [-0.39, 0.29) is 5.54 Å². The SMILES string of the molecule is COCCCOCCC1CCCC1(C#N)NC1CC1. The molecule has 2 saturated carbocycles. The fourth-order valence-electron chi connectivity index (χ4n) is 3.06. The highest BCUT2D eigenvalue weighted by molar-refractivity contribution is 5.16. The lowest BCUT2D eigenvalue weighted by atomic mass is 9.86. The first kappa shape index (κ1) is 14.8. The zero-order chi connectivity index (χ0) is 13.6. The lowest BCUT2D eigenvalue weighted by molar-refractivity contribution is 0.0883. The van der Waals surface area contributed by atoms with Gasteiger partial charge in [-0.1, -0.05) is 6.42 Å². The third-order valence-electron chi connectivity index (χ3n) is 4.31. The molecule has 1 N–H and O–H groups in total. The summed E-state index contributed by atoms with van der Waals surface area (Å²) in [6.45, 7) is 2.29. The number of nitriles is 1. The monoisotopic (exact) mass is 266 g/mol. The second kappa shape index (κ2) is 7.23. The fraction of sp³-hybridized carbons (Fsp3) is 0.933. The lowest BCUT2D eigenvalue weighted by Crippen LogP contribution is -2.48. The number of nitrogens with zero attached hydrogens (tertiary/aromatic N) is 1. The molecule has 2 fully saturated rings. The lowest BCUT2D eigenvalue weighted by Gasteiger charge is -2.30. The van der Waals surface area contributed by atoms with Gasteiger partial charge in [-0.25, -0.2) is 0 Å². The topological polar surface area (TPSA) is 54.3 Å². The highest BCUT2D eigenvalue weighted by Crippen LogP contribution is 2.40. The standard InChI is InChI=1S/C15H26N2O2/c1-18-9-3-10-19-11-7-13-4-2-8-15(13,12-16)17-14-5-6-14/h13-14,17H,2-11H2,1H3. The largest absolute Gasteiger partial charge is 0.385 e. The van der Waals surface area contributed by atoms with E-state index >= 15 is 0 Å². The molecule has 0 aromatic rings. The molecule has 0 spiro atoms. The van der Waals surface area contributed by atoms with Crippen molar-refractivity contribution in [2.45, 2.75) is 56.5 Å². The Balaban J connectivity index is 1.70. The Hall–Kier alpha value is -0.630. The summed E-state index contributed by atoms with van der Waals surface area (Å²) in [5.74, 6) is 0.459. The van der Waals surface area contributed by atoms with Gasteiger partial charge in [-0.2, -0.15) is 5.26 Å². The summed E-state index contributed by atoms with van der Waals surface area (Å²) in [5, 5.41) is 13.2. The van der Waals surface area contributed by atoms with E-state index < -0.39 is 0 Å². The smallest absolute Gasteiger partial charge is 0.109 e. The summed E-state index contributed by atoms with van der Waals surface area (Å²) in [6, 6.07) is 3.17. The van der Waals surface area contributed by atoms with E-state index in [0.29, 0.717) is 12.0 Å². The van der Waals surface area contributed by atoms with Gasteiger partial charge in [0.2, 0.25) is 0 Å². The molecule has 2 rings (SSSR count). The summed E-state index contributed by atoms with van der Waals surface area (Å²) in [7, 11) is 1.71. The van der Waals surface area contributed by atoms with Crippen molar-refractivity contribution in [2.75, 3.05) is 26.9 Å². The van der Waals surface area contributed by atoms with Crippen LogP contribution in [0.4, 0.5) is 0 Å². The number of hydrogen-bond donors (Lipinski definition) is 1. The predicted molar refractivity (Wildman–Crippen MR) is 73.8 cm³/mol. The molecular formula is C15H26N2O2. The molecule has 2 aliphatic rings. The number of methoxy groups -OCH3 is 1. The van der Waals surface area contributed by atoms with Crippen LogP contribution in [0.3, 0.4) is 0 Å². The van der Waals surface area contributed by atoms with E-state index in [4.69, 9.17) is 9.47 Å². The Morgan fingerprint density at radius 1 is 1.26 bits per heavy atom. The first-order valence-electron chi connectivity index (χ1n) is 7.56. The molecule has 4 nitrogen and oxygen atoms in total. The number of ether oxygens (including phenoxy) is 2. The van der Waals surface area contributed by atoms with E-state index in [0.717, 1.165) is 45.5 Å². The Labute approximate surface area is 116 Å². The first-order valence-corrected chi connectivity index (χ1v) is 7.56.